The first-order chi connectivity index (χ1) is 8.69. The summed E-state index contributed by atoms with van der Waals surface area (Å²) >= 11 is 0. The van der Waals surface area contributed by atoms with Crippen LogP contribution in [0.25, 0.3) is 0 Å². The predicted octanol–water partition coefficient (Wildman–Crippen LogP) is 1.61. The largest absolute Gasteiger partial charge is 0.396 e. The Morgan fingerprint density at radius 1 is 1.11 bits per heavy atom. The Morgan fingerprint density at radius 3 is 2.44 bits per heavy atom. The van der Waals surface area contributed by atoms with Gasteiger partial charge in [-0.05, 0) is 12.8 Å². The highest BCUT2D eigenvalue weighted by atomic mass is 19.1. The number of hydrogen-bond acceptors (Lipinski definition) is 5. The van der Waals surface area contributed by atoms with Crippen molar-refractivity contribution in [1.82, 2.24) is 4.98 Å². The number of nitrogens with two attached hydrogens (primary N) is 1. The first-order valence-electron chi connectivity index (χ1n) is 5.86. The zero-order valence-corrected chi connectivity index (χ0v) is 10.0. The Kier molecular flexibility index (Phi) is 6.31. The summed E-state index contributed by atoms with van der Waals surface area (Å²) in [7, 11) is 0. The molecule has 0 aromatic carbocycles. The Labute approximate surface area is 104 Å². The minimum Gasteiger partial charge on any atom is -0.396 e. The van der Waals surface area contributed by atoms with Crippen molar-refractivity contribution in [3.05, 3.63) is 17.7 Å². The summed E-state index contributed by atoms with van der Waals surface area (Å²) in [4.78, 5) is 3.69. The van der Waals surface area contributed by atoms with E-state index in [4.69, 9.17) is 10.9 Å². The van der Waals surface area contributed by atoms with Crippen LogP contribution in [-0.4, -0.2) is 23.2 Å². The molecule has 0 radical (unpaired) electrons. The normalized spacial score (nSPS) is 10.4. The van der Waals surface area contributed by atoms with Crippen LogP contribution in [-0.2, 0) is 0 Å². The molecule has 0 unspecified atom stereocenters. The third-order valence-corrected chi connectivity index (χ3v) is 2.44. The average molecular weight is 260 g/mol. The number of anilines is 2. The van der Waals surface area contributed by atoms with E-state index < -0.39 is 11.6 Å². The van der Waals surface area contributed by atoms with Crippen molar-refractivity contribution in [3.63, 3.8) is 0 Å². The molecule has 0 spiro atoms. The van der Waals surface area contributed by atoms with Gasteiger partial charge < -0.3 is 15.8 Å². The van der Waals surface area contributed by atoms with E-state index in [1.54, 1.807) is 0 Å². The van der Waals surface area contributed by atoms with Crippen molar-refractivity contribution in [2.24, 2.45) is 5.84 Å². The number of hydrazine groups is 1. The molecule has 0 aliphatic rings. The number of aromatic nitrogens is 1. The summed E-state index contributed by atoms with van der Waals surface area (Å²) < 4.78 is 26.4. The van der Waals surface area contributed by atoms with E-state index in [-0.39, 0.29) is 18.2 Å². The number of nitrogens with zero attached hydrogens (tertiary/aromatic N) is 1. The molecule has 18 heavy (non-hydrogen) atoms. The van der Waals surface area contributed by atoms with Crippen molar-refractivity contribution in [1.29, 1.82) is 0 Å². The van der Waals surface area contributed by atoms with Crippen LogP contribution in [0.2, 0.25) is 0 Å². The molecule has 1 aromatic heterocycles. The number of halogens is 2. The van der Waals surface area contributed by atoms with Gasteiger partial charge in [-0.1, -0.05) is 12.8 Å². The van der Waals surface area contributed by atoms with Crippen LogP contribution in [0, 0.1) is 11.6 Å². The number of aliphatic hydroxyl groups is 1. The molecule has 5 N–H and O–H groups in total. The van der Waals surface area contributed by atoms with Crippen LogP contribution in [0.5, 0.6) is 0 Å². The molecule has 7 heteroatoms. The van der Waals surface area contributed by atoms with E-state index in [1.165, 1.54) is 0 Å². The van der Waals surface area contributed by atoms with Crippen molar-refractivity contribution in [2.75, 3.05) is 23.9 Å². The summed E-state index contributed by atoms with van der Waals surface area (Å²) in [6, 6.07) is 0.732. The van der Waals surface area contributed by atoms with Crippen LogP contribution >= 0.6 is 0 Å². The number of aliphatic hydroxyl groups excluding tert-OH is 1. The molecule has 0 bridgehead atoms. The minimum atomic E-state index is -0.830. The van der Waals surface area contributed by atoms with Gasteiger partial charge in [0.1, 0.15) is 0 Å². The molecule has 0 atom stereocenters. The molecule has 102 valence electrons. The summed E-state index contributed by atoms with van der Waals surface area (Å²) in [6.45, 7) is 0.720. The number of nitrogens with one attached hydrogen (secondary N) is 2. The van der Waals surface area contributed by atoms with E-state index in [9.17, 15) is 8.78 Å². The molecule has 0 aliphatic carbocycles. The minimum absolute atomic E-state index is 0.0218. The van der Waals surface area contributed by atoms with Crippen LogP contribution in [0.15, 0.2) is 6.07 Å². The lowest BCUT2D eigenvalue weighted by Gasteiger charge is -2.09. The fourth-order valence-corrected chi connectivity index (χ4v) is 1.49. The third kappa shape index (κ3) is 4.42. The van der Waals surface area contributed by atoms with Crippen molar-refractivity contribution >= 4 is 11.6 Å². The number of hydrogen-bond donors (Lipinski definition) is 4. The first-order valence-corrected chi connectivity index (χ1v) is 5.86. The van der Waals surface area contributed by atoms with E-state index in [0.717, 1.165) is 31.7 Å². The molecule has 5 nitrogen and oxygen atoms in total. The summed E-state index contributed by atoms with van der Waals surface area (Å²) in [6.07, 6.45) is 3.44. The maximum Gasteiger partial charge on any atom is 0.178 e. The Bertz CT molecular complexity index is 376. The van der Waals surface area contributed by atoms with Gasteiger partial charge in [0.2, 0.25) is 0 Å². The Hall–Kier alpha value is -1.47. The van der Waals surface area contributed by atoms with Crippen molar-refractivity contribution in [3.8, 4) is 0 Å². The predicted molar refractivity (Wildman–Crippen MR) is 66.0 cm³/mol. The molecular formula is C11H18F2N4O. The maximum atomic E-state index is 13.3. The number of rotatable bonds is 8. The quantitative estimate of drug-likeness (QED) is 0.324. The van der Waals surface area contributed by atoms with E-state index in [1.807, 2.05) is 0 Å². The number of unbranched alkanes of at least 4 members (excludes halogenated alkanes) is 3. The van der Waals surface area contributed by atoms with Crippen LogP contribution in [0.4, 0.5) is 20.4 Å². The second-order valence-electron chi connectivity index (χ2n) is 3.86. The first kappa shape index (κ1) is 14.6. The van der Waals surface area contributed by atoms with Crippen LogP contribution in [0.3, 0.4) is 0 Å². The lowest BCUT2D eigenvalue weighted by atomic mass is 10.2. The smallest absolute Gasteiger partial charge is 0.178 e. The maximum absolute atomic E-state index is 13.3. The molecule has 0 saturated heterocycles. The molecule has 0 fully saturated rings. The second kappa shape index (κ2) is 7.78. The second-order valence-corrected chi connectivity index (χ2v) is 3.86. The Balaban J connectivity index is 2.42. The summed E-state index contributed by atoms with van der Waals surface area (Å²) in [5.74, 6) is 3.26. The fraction of sp³-hybridized carbons (Fsp3) is 0.545. The summed E-state index contributed by atoms with van der Waals surface area (Å²) in [5, 5.41) is 11.4. The van der Waals surface area contributed by atoms with Gasteiger partial charge in [-0.2, -0.15) is 0 Å². The average Bonchev–Trinajstić information content (AvgIpc) is 2.36. The highest BCUT2D eigenvalue weighted by Crippen LogP contribution is 2.18. The number of nitrogen functional groups attached to an aromatic ring is 1. The van der Waals surface area contributed by atoms with Gasteiger partial charge in [0.25, 0.3) is 0 Å². The lowest BCUT2D eigenvalue weighted by Crippen LogP contribution is -2.13. The molecular weight excluding hydrogens is 242 g/mol. The van der Waals surface area contributed by atoms with Gasteiger partial charge >= 0.3 is 0 Å². The lowest BCUT2D eigenvalue weighted by molar-refractivity contribution is 0.283. The van der Waals surface area contributed by atoms with Gasteiger partial charge in [-0.15, -0.1) is 0 Å². The van der Waals surface area contributed by atoms with Gasteiger partial charge in [-0.25, -0.2) is 19.6 Å². The number of pyridine rings is 1. The molecule has 1 heterocycles. The van der Waals surface area contributed by atoms with Crippen molar-refractivity contribution < 1.29 is 13.9 Å². The van der Waals surface area contributed by atoms with E-state index in [0.29, 0.717) is 6.54 Å². The highest BCUT2D eigenvalue weighted by molar-refractivity contribution is 5.46. The third-order valence-electron chi connectivity index (χ3n) is 2.44. The monoisotopic (exact) mass is 260 g/mol. The molecule has 0 amide bonds. The standard InChI is InChI=1S/C11H18F2N4O/c12-8-7-9(13)11(17-14)16-10(8)15-5-3-1-2-4-6-18/h7,18H,1-6,14H2,(H2,15,16,17). The SMILES string of the molecule is NNc1nc(NCCCCCCO)c(F)cc1F. The summed E-state index contributed by atoms with van der Waals surface area (Å²) in [5.41, 5.74) is 2.06. The zero-order valence-electron chi connectivity index (χ0n) is 10.0. The van der Waals surface area contributed by atoms with Crippen LogP contribution < -0.4 is 16.6 Å². The molecule has 1 aromatic rings. The fourth-order valence-electron chi connectivity index (χ4n) is 1.49. The zero-order chi connectivity index (χ0) is 13.4. The molecule has 1 rings (SSSR count). The Morgan fingerprint density at radius 2 is 1.78 bits per heavy atom. The van der Waals surface area contributed by atoms with Gasteiger partial charge in [0, 0.05) is 19.2 Å². The molecule has 0 saturated carbocycles. The van der Waals surface area contributed by atoms with E-state index in [2.05, 4.69) is 15.7 Å². The highest BCUT2D eigenvalue weighted by Gasteiger charge is 2.10. The van der Waals surface area contributed by atoms with E-state index >= 15 is 0 Å². The van der Waals surface area contributed by atoms with Gasteiger partial charge in [0.05, 0.1) is 0 Å². The van der Waals surface area contributed by atoms with Gasteiger partial charge in [0.15, 0.2) is 23.3 Å². The van der Waals surface area contributed by atoms with Crippen molar-refractivity contribution in [2.45, 2.75) is 25.7 Å². The van der Waals surface area contributed by atoms with Crippen LogP contribution in [0.1, 0.15) is 25.7 Å². The molecule has 0 aliphatic heterocycles. The topological polar surface area (TPSA) is 83.2 Å². The van der Waals surface area contributed by atoms with Gasteiger partial charge in [-0.3, -0.25) is 0 Å².